The molecular weight excluding hydrogens is 404 g/mol. The zero-order valence-corrected chi connectivity index (χ0v) is 18.4. The first-order chi connectivity index (χ1) is 15.4. The summed E-state index contributed by atoms with van der Waals surface area (Å²) in [5.41, 5.74) is 3.31. The second kappa shape index (κ2) is 9.36. The lowest BCUT2D eigenvalue weighted by Crippen LogP contribution is -2.31. The van der Waals surface area contributed by atoms with Gasteiger partial charge in [0.2, 0.25) is 0 Å². The second-order valence-electron chi connectivity index (χ2n) is 8.39. The van der Waals surface area contributed by atoms with E-state index >= 15 is 0 Å². The van der Waals surface area contributed by atoms with Crippen LogP contribution in [0.2, 0.25) is 0 Å². The van der Waals surface area contributed by atoms with Gasteiger partial charge in [0.25, 0.3) is 5.91 Å². The van der Waals surface area contributed by atoms with Crippen LogP contribution in [0.4, 0.5) is 0 Å². The molecule has 166 valence electrons. The molecule has 2 aromatic carbocycles. The van der Waals surface area contributed by atoms with Crippen LogP contribution >= 0.6 is 0 Å². The van der Waals surface area contributed by atoms with E-state index in [9.17, 15) is 14.7 Å². The van der Waals surface area contributed by atoms with Gasteiger partial charge in [0, 0.05) is 23.7 Å². The van der Waals surface area contributed by atoms with E-state index in [0.717, 1.165) is 24.1 Å². The summed E-state index contributed by atoms with van der Waals surface area (Å²) < 4.78 is 0. The lowest BCUT2D eigenvalue weighted by Gasteiger charge is -2.19. The number of nitrogens with zero attached hydrogens (tertiary/aromatic N) is 2. The molecule has 0 radical (unpaired) electrons. The molecule has 1 fully saturated rings. The van der Waals surface area contributed by atoms with Crippen LogP contribution in [0.3, 0.4) is 0 Å². The summed E-state index contributed by atoms with van der Waals surface area (Å²) in [5, 5.41) is 12.8. The highest BCUT2D eigenvalue weighted by molar-refractivity contribution is 5.95. The van der Waals surface area contributed by atoms with Crippen molar-refractivity contribution in [3.05, 3.63) is 70.1 Å². The Morgan fingerprint density at radius 3 is 2.81 bits per heavy atom. The highest BCUT2D eigenvalue weighted by Gasteiger charge is 2.20. The number of aromatic nitrogens is 2. The maximum absolute atomic E-state index is 12.7. The first-order valence-electron chi connectivity index (χ1n) is 10.9. The van der Waals surface area contributed by atoms with Gasteiger partial charge in [0.15, 0.2) is 0 Å². The minimum absolute atomic E-state index is 0.127. The molecule has 3 aromatic rings. The van der Waals surface area contributed by atoms with Gasteiger partial charge in [-0.25, -0.2) is 4.79 Å². The summed E-state index contributed by atoms with van der Waals surface area (Å²) in [6, 6.07) is 14.6. The molecule has 32 heavy (non-hydrogen) atoms. The Balaban J connectivity index is 1.52. The molecule has 3 N–H and O–H groups in total. The van der Waals surface area contributed by atoms with Crippen LogP contribution in [0.1, 0.15) is 35.2 Å². The quantitative estimate of drug-likeness (QED) is 0.555. The molecule has 1 amide bonds. The van der Waals surface area contributed by atoms with E-state index in [1.54, 1.807) is 49.4 Å². The van der Waals surface area contributed by atoms with Crippen molar-refractivity contribution in [2.24, 2.45) is 0 Å². The molecule has 1 aliphatic rings. The number of aromatic hydroxyl groups is 1. The molecule has 1 aliphatic heterocycles. The molecule has 1 atom stereocenters. The number of hydrogen-bond acceptors (Lipinski definition) is 5. The van der Waals surface area contributed by atoms with E-state index in [4.69, 9.17) is 0 Å². The molecule has 7 nitrogen and oxygen atoms in total. The Morgan fingerprint density at radius 1 is 1.22 bits per heavy atom. The third-order valence-corrected chi connectivity index (χ3v) is 6.11. The topological polar surface area (TPSA) is 98.3 Å². The summed E-state index contributed by atoms with van der Waals surface area (Å²) in [5.74, 6) is 0.0652. The number of nitrogens with one attached hydrogen (secondary N) is 2. The number of benzene rings is 2. The highest BCUT2D eigenvalue weighted by atomic mass is 16.3. The molecule has 4 rings (SSSR count). The molecule has 0 saturated carbocycles. The Kier molecular flexibility index (Phi) is 6.37. The summed E-state index contributed by atoms with van der Waals surface area (Å²) in [7, 11) is 2.13. The standard InChI is InChI=1S/C25H28N4O3/c1-16-13-18(8-9-23(16)30)22-15-21(27-25(32)28-22)17-5-3-6-19(14-17)24(31)26-11-10-20-7-4-12-29(20)2/h3,5-6,8-9,13-15,20,30H,4,7,10-12H2,1-2H3,(H,26,31)(H,27,28,32). The molecule has 0 bridgehead atoms. The average molecular weight is 433 g/mol. The van der Waals surface area contributed by atoms with Crippen molar-refractivity contribution in [2.75, 3.05) is 20.1 Å². The monoisotopic (exact) mass is 432 g/mol. The fourth-order valence-corrected chi connectivity index (χ4v) is 4.20. The third-order valence-electron chi connectivity index (χ3n) is 6.11. The van der Waals surface area contributed by atoms with Crippen molar-refractivity contribution in [1.82, 2.24) is 20.2 Å². The van der Waals surface area contributed by atoms with Gasteiger partial charge in [-0.1, -0.05) is 12.1 Å². The van der Waals surface area contributed by atoms with Gasteiger partial charge in [0.05, 0.1) is 11.4 Å². The number of likely N-dealkylation sites (tertiary alicyclic amines) is 1. The van der Waals surface area contributed by atoms with Gasteiger partial charge >= 0.3 is 5.69 Å². The van der Waals surface area contributed by atoms with E-state index in [-0.39, 0.29) is 11.7 Å². The Hall–Kier alpha value is -3.45. The molecule has 0 aliphatic carbocycles. The maximum atomic E-state index is 12.7. The van der Waals surface area contributed by atoms with Crippen molar-refractivity contribution in [1.29, 1.82) is 0 Å². The SMILES string of the molecule is Cc1cc(-c2cc(-c3cccc(C(=O)NCCC4CCCN4C)c3)[nH]c(=O)n2)ccc1O. The van der Waals surface area contributed by atoms with E-state index in [0.29, 0.717) is 35.1 Å². The summed E-state index contributed by atoms with van der Waals surface area (Å²) >= 11 is 0. The largest absolute Gasteiger partial charge is 0.508 e. The number of phenolic OH excluding ortho intramolecular Hbond substituents is 1. The zero-order chi connectivity index (χ0) is 22.7. The number of carbonyl (C=O) groups is 1. The Bertz CT molecular complexity index is 1190. The number of amides is 1. The molecule has 1 unspecified atom stereocenters. The summed E-state index contributed by atoms with van der Waals surface area (Å²) in [4.78, 5) is 34.1. The van der Waals surface area contributed by atoms with Gasteiger partial charge in [0.1, 0.15) is 5.75 Å². The maximum Gasteiger partial charge on any atom is 0.345 e. The first kappa shape index (κ1) is 21.8. The predicted octanol–water partition coefficient (Wildman–Crippen LogP) is 3.33. The normalized spacial score (nSPS) is 16.2. The fourth-order valence-electron chi connectivity index (χ4n) is 4.20. The molecule has 1 aromatic heterocycles. The number of H-pyrrole nitrogens is 1. The van der Waals surface area contributed by atoms with Crippen molar-refractivity contribution < 1.29 is 9.90 Å². The first-order valence-corrected chi connectivity index (χ1v) is 10.9. The van der Waals surface area contributed by atoms with Gasteiger partial charge in [-0.3, -0.25) is 4.79 Å². The molecule has 2 heterocycles. The second-order valence-corrected chi connectivity index (χ2v) is 8.39. The lowest BCUT2D eigenvalue weighted by molar-refractivity contribution is 0.0950. The van der Waals surface area contributed by atoms with Crippen LogP contribution in [-0.2, 0) is 0 Å². The van der Waals surface area contributed by atoms with Crippen LogP contribution in [0.5, 0.6) is 5.75 Å². The number of rotatable bonds is 6. The smallest absolute Gasteiger partial charge is 0.345 e. The molecule has 1 saturated heterocycles. The van der Waals surface area contributed by atoms with Crippen molar-refractivity contribution >= 4 is 5.91 Å². The van der Waals surface area contributed by atoms with Crippen molar-refractivity contribution in [2.45, 2.75) is 32.2 Å². The van der Waals surface area contributed by atoms with E-state index in [1.165, 1.54) is 12.8 Å². The number of phenols is 1. The number of hydrogen-bond donors (Lipinski definition) is 3. The number of carbonyl (C=O) groups excluding carboxylic acids is 1. The fraction of sp³-hybridized carbons (Fsp3) is 0.320. The average Bonchev–Trinajstić information content (AvgIpc) is 3.20. The third kappa shape index (κ3) is 4.89. The van der Waals surface area contributed by atoms with Crippen LogP contribution in [0.25, 0.3) is 22.5 Å². The Labute approximate surface area is 187 Å². The zero-order valence-electron chi connectivity index (χ0n) is 18.4. The van der Waals surface area contributed by atoms with E-state index < -0.39 is 5.69 Å². The number of aryl methyl sites for hydroxylation is 1. The molecule has 0 spiro atoms. The molecular formula is C25H28N4O3. The van der Waals surface area contributed by atoms with Crippen molar-refractivity contribution in [3.63, 3.8) is 0 Å². The predicted molar refractivity (Wildman–Crippen MR) is 125 cm³/mol. The van der Waals surface area contributed by atoms with Gasteiger partial charge < -0.3 is 20.3 Å². The minimum Gasteiger partial charge on any atom is -0.508 e. The van der Waals surface area contributed by atoms with Crippen LogP contribution in [0, 0.1) is 6.92 Å². The lowest BCUT2D eigenvalue weighted by atomic mass is 10.0. The van der Waals surface area contributed by atoms with Gasteiger partial charge in [-0.15, -0.1) is 0 Å². The number of aromatic amines is 1. The summed E-state index contributed by atoms with van der Waals surface area (Å²) in [6.45, 7) is 3.55. The van der Waals surface area contributed by atoms with E-state index in [1.807, 2.05) is 6.07 Å². The molecule has 7 heteroatoms. The van der Waals surface area contributed by atoms with Gasteiger partial charge in [-0.2, -0.15) is 4.98 Å². The van der Waals surface area contributed by atoms with Crippen LogP contribution in [0.15, 0.2) is 53.3 Å². The van der Waals surface area contributed by atoms with Crippen LogP contribution < -0.4 is 11.0 Å². The summed E-state index contributed by atoms with van der Waals surface area (Å²) in [6.07, 6.45) is 3.34. The van der Waals surface area contributed by atoms with Crippen LogP contribution in [-0.4, -0.2) is 52.1 Å². The Morgan fingerprint density at radius 2 is 2.06 bits per heavy atom. The van der Waals surface area contributed by atoms with Gasteiger partial charge in [-0.05, 0) is 87.3 Å². The van der Waals surface area contributed by atoms with Crippen molar-refractivity contribution in [3.8, 4) is 28.3 Å². The van der Waals surface area contributed by atoms with E-state index in [2.05, 4.69) is 27.2 Å². The highest BCUT2D eigenvalue weighted by Crippen LogP contribution is 2.26. The minimum atomic E-state index is -0.473.